The van der Waals surface area contributed by atoms with E-state index in [1.807, 2.05) is 19.1 Å². The van der Waals surface area contributed by atoms with E-state index in [9.17, 15) is 23.1 Å². The number of carboxylic acid groups (broad SMARTS) is 1. The molecule has 0 aliphatic heterocycles. The van der Waals surface area contributed by atoms with Gasteiger partial charge >= 0.3 is 12.1 Å². The maximum Gasteiger partial charge on any atom is 0.490 e. The Kier molecular flexibility index (Phi) is 10.7. The molecule has 5 aromatic rings. The molecule has 0 fully saturated rings. The Morgan fingerprint density at radius 3 is 2.33 bits per heavy atom. The highest BCUT2D eigenvalue weighted by molar-refractivity contribution is 6.43. The number of nitrogen functional groups attached to an aromatic ring is 1. The number of nitrogens with one attached hydrogen (secondary N) is 1. The number of aryl methyl sites for hydroxylation is 1. The molecule has 3 heterocycles. The molecule has 0 saturated heterocycles. The summed E-state index contributed by atoms with van der Waals surface area (Å²) in [6.45, 7) is 2.01. The lowest BCUT2D eigenvalue weighted by Gasteiger charge is -2.18. The van der Waals surface area contributed by atoms with Crippen molar-refractivity contribution >= 4 is 63.5 Å². The Morgan fingerprint density at radius 1 is 1.09 bits per heavy atom. The summed E-state index contributed by atoms with van der Waals surface area (Å²) < 4.78 is 38.3. The number of alkyl halides is 3. The molecule has 1 amide bonds. The van der Waals surface area contributed by atoms with Crippen molar-refractivity contribution in [3.8, 4) is 22.8 Å². The number of hydrogen-bond acceptors (Lipinski definition) is 9. The second-order valence-electron chi connectivity index (χ2n) is 9.48. The number of pyridine rings is 1. The number of halogens is 6. The number of carboxylic acids is 1. The van der Waals surface area contributed by atoms with Crippen molar-refractivity contribution in [1.82, 2.24) is 30.2 Å². The normalized spacial score (nSPS) is 12.0. The molecular weight excluding hydrogens is 678 g/mol. The summed E-state index contributed by atoms with van der Waals surface area (Å²) in [6, 6.07) is 11.8. The lowest BCUT2D eigenvalue weighted by molar-refractivity contribution is -0.192. The zero-order chi connectivity index (χ0) is 33.8. The third-order valence-electron chi connectivity index (χ3n) is 6.46. The molecule has 12 nitrogen and oxygen atoms in total. The maximum absolute atomic E-state index is 13.6. The van der Waals surface area contributed by atoms with Crippen LogP contribution in [0.25, 0.3) is 33.8 Å². The molecule has 242 valence electrons. The van der Waals surface area contributed by atoms with E-state index in [0.29, 0.717) is 56.1 Å². The van der Waals surface area contributed by atoms with Gasteiger partial charge in [-0.25, -0.2) is 14.4 Å². The number of rotatable bonds is 8. The van der Waals surface area contributed by atoms with Gasteiger partial charge < -0.3 is 25.8 Å². The number of carbonyl (C=O) groups excluding carboxylic acids is 1. The van der Waals surface area contributed by atoms with E-state index >= 15 is 0 Å². The Hall–Kier alpha value is -4.44. The fourth-order valence-electron chi connectivity index (χ4n) is 4.36. The van der Waals surface area contributed by atoms with Crippen LogP contribution in [0, 0.1) is 0 Å². The van der Waals surface area contributed by atoms with Crippen LogP contribution in [-0.2, 0) is 17.8 Å². The SMILES string of the molecule is CCn1c(-c2nonc2N)nc2c(-c3cccc(Cl)c3Cl)ncc(C(=O)NC(CO)Cc3ccc(Cl)cc3)c21.O=C(O)C(F)(F)F. The van der Waals surface area contributed by atoms with Gasteiger partial charge in [-0.05, 0) is 47.4 Å². The molecule has 1 unspecified atom stereocenters. The van der Waals surface area contributed by atoms with Gasteiger partial charge in [-0.15, -0.1) is 0 Å². The van der Waals surface area contributed by atoms with Gasteiger partial charge in [-0.2, -0.15) is 13.2 Å². The van der Waals surface area contributed by atoms with E-state index in [0.717, 1.165) is 5.56 Å². The Balaban J connectivity index is 0.000000617. The average molecular weight is 701 g/mol. The zero-order valence-corrected chi connectivity index (χ0v) is 25.8. The molecular formula is C28H23Cl3F3N7O5. The molecule has 0 spiro atoms. The summed E-state index contributed by atoms with van der Waals surface area (Å²) in [5.41, 5.74) is 9.15. The van der Waals surface area contributed by atoms with Gasteiger partial charge in [-0.3, -0.25) is 9.78 Å². The number of carbonyl (C=O) groups is 2. The van der Waals surface area contributed by atoms with E-state index < -0.39 is 24.1 Å². The highest BCUT2D eigenvalue weighted by Gasteiger charge is 2.38. The number of imidazole rings is 1. The number of aromatic nitrogens is 5. The maximum atomic E-state index is 13.6. The Labute approximate surface area is 272 Å². The van der Waals surface area contributed by atoms with Crippen LogP contribution in [0.5, 0.6) is 0 Å². The molecule has 18 heteroatoms. The summed E-state index contributed by atoms with van der Waals surface area (Å²) in [4.78, 5) is 31.9. The lowest BCUT2D eigenvalue weighted by Crippen LogP contribution is -2.39. The first-order valence-electron chi connectivity index (χ1n) is 13.1. The predicted octanol–water partition coefficient (Wildman–Crippen LogP) is 5.68. The number of hydrogen-bond donors (Lipinski definition) is 4. The summed E-state index contributed by atoms with van der Waals surface area (Å²) in [5, 5.41) is 28.9. The van der Waals surface area contributed by atoms with Crippen LogP contribution >= 0.6 is 34.8 Å². The van der Waals surface area contributed by atoms with Gasteiger partial charge in [0.1, 0.15) is 5.52 Å². The first kappa shape index (κ1) is 34.4. The first-order valence-corrected chi connectivity index (χ1v) is 14.3. The minimum Gasteiger partial charge on any atom is -0.475 e. The van der Waals surface area contributed by atoms with Gasteiger partial charge in [-0.1, -0.05) is 59.1 Å². The number of fused-ring (bicyclic) bond motifs is 1. The van der Waals surface area contributed by atoms with Crippen LogP contribution in [0.15, 0.2) is 53.3 Å². The molecule has 0 radical (unpaired) electrons. The molecule has 2 aromatic carbocycles. The Morgan fingerprint density at radius 2 is 1.76 bits per heavy atom. The number of aliphatic hydroxyl groups is 1. The van der Waals surface area contributed by atoms with Crippen molar-refractivity contribution in [2.45, 2.75) is 32.1 Å². The van der Waals surface area contributed by atoms with E-state index in [2.05, 4.69) is 20.6 Å². The second-order valence-corrected chi connectivity index (χ2v) is 10.7. The molecule has 3 aromatic heterocycles. The smallest absolute Gasteiger partial charge is 0.475 e. The zero-order valence-electron chi connectivity index (χ0n) is 23.5. The number of aliphatic carboxylic acids is 1. The van der Waals surface area contributed by atoms with E-state index in [1.54, 1.807) is 34.9 Å². The van der Waals surface area contributed by atoms with Crippen molar-refractivity contribution < 1.29 is 37.6 Å². The minimum atomic E-state index is -5.08. The minimum absolute atomic E-state index is 0.0459. The summed E-state index contributed by atoms with van der Waals surface area (Å²) >= 11 is 18.8. The van der Waals surface area contributed by atoms with Gasteiger partial charge in [0.15, 0.2) is 17.3 Å². The monoisotopic (exact) mass is 699 g/mol. The van der Waals surface area contributed by atoms with Crippen molar-refractivity contribution in [2.24, 2.45) is 0 Å². The van der Waals surface area contributed by atoms with Crippen molar-refractivity contribution in [1.29, 1.82) is 0 Å². The third-order valence-corrected chi connectivity index (χ3v) is 7.53. The van der Waals surface area contributed by atoms with Crippen LogP contribution in [-0.4, -0.2) is 65.8 Å². The van der Waals surface area contributed by atoms with Crippen LogP contribution in [0.3, 0.4) is 0 Å². The molecule has 46 heavy (non-hydrogen) atoms. The molecule has 5 N–H and O–H groups in total. The molecule has 0 bridgehead atoms. The molecule has 0 aliphatic carbocycles. The number of aliphatic hydroxyl groups excluding tert-OH is 1. The van der Waals surface area contributed by atoms with Crippen LogP contribution in [0.1, 0.15) is 22.8 Å². The van der Waals surface area contributed by atoms with E-state index in [4.69, 9.17) is 60.1 Å². The van der Waals surface area contributed by atoms with E-state index in [1.165, 1.54) is 6.20 Å². The average Bonchev–Trinajstić information content (AvgIpc) is 3.61. The van der Waals surface area contributed by atoms with E-state index in [-0.39, 0.29) is 23.7 Å². The summed E-state index contributed by atoms with van der Waals surface area (Å²) in [6.07, 6.45) is -3.24. The van der Waals surface area contributed by atoms with Crippen molar-refractivity contribution in [2.75, 3.05) is 12.3 Å². The largest absolute Gasteiger partial charge is 0.490 e. The third kappa shape index (κ3) is 7.50. The quantitative estimate of drug-likeness (QED) is 0.157. The van der Waals surface area contributed by atoms with Gasteiger partial charge in [0.25, 0.3) is 5.91 Å². The molecule has 0 saturated carbocycles. The number of nitrogens with zero attached hydrogens (tertiary/aromatic N) is 5. The second kappa shape index (κ2) is 14.3. The summed E-state index contributed by atoms with van der Waals surface area (Å²) in [5.74, 6) is -2.82. The highest BCUT2D eigenvalue weighted by Crippen LogP contribution is 2.38. The molecule has 0 aliphatic rings. The van der Waals surface area contributed by atoms with Crippen LogP contribution in [0.2, 0.25) is 15.1 Å². The van der Waals surface area contributed by atoms with Crippen LogP contribution in [0.4, 0.5) is 19.0 Å². The van der Waals surface area contributed by atoms with Crippen molar-refractivity contribution in [3.63, 3.8) is 0 Å². The Bertz CT molecular complexity index is 1880. The topological polar surface area (TPSA) is 182 Å². The fraction of sp³-hybridized carbons (Fsp3) is 0.214. The predicted molar refractivity (Wildman–Crippen MR) is 164 cm³/mol. The van der Waals surface area contributed by atoms with Gasteiger partial charge in [0, 0.05) is 23.3 Å². The summed E-state index contributed by atoms with van der Waals surface area (Å²) in [7, 11) is 0. The van der Waals surface area contributed by atoms with Gasteiger partial charge in [0.05, 0.1) is 39.5 Å². The lowest BCUT2D eigenvalue weighted by atomic mass is 10.1. The van der Waals surface area contributed by atoms with Crippen molar-refractivity contribution in [3.05, 3.63) is 74.9 Å². The highest BCUT2D eigenvalue weighted by atomic mass is 35.5. The van der Waals surface area contributed by atoms with Crippen LogP contribution < -0.4 is 11.1 Å². The first-order chi connectivity index (χ1) is 21.8. The number of benzene rings is 2. The standard InChI is InChI=1S/C26H22Cl3N7O3.C2HF3O2/c1-2-36-23-17(26(38)32-15(12-37)10-13-6-8-14(27)9-7-13)11-31-20(16-4-3-5-18(28)19(16)29)21(23)33-25(36)22-24(30)35-39-34-22;3-2(4,5)1(6)7/h3-9,11,15,37H,2,10,12H2,1H3,(H2,30,35)(H,32,38);(H,6,7). The number of nitrogens with two attached hydrogens (primary N) is 1. The molecule has 5 rings (SSSR count). The molecule has 1 atom stereocenters. The number of amides is 1. The van der Waals surface area contributed by atoms with Gasteiger partial charge in [0.2, 0.25) is 0 Å². The fourth-order valence-corrected chi connectivity index (χ4v) is 4.88. The number of anilines is 1.